The third-order valence-corrected chi connectivity index (χ3v) is 3.75. The number of carbonyl (C=O) groups is 1. The van der Waals surface area contributed by atoms with Crippen molar-refractivity contribution in [1.29, 1.82) is 0 Å². The van der Waals surface area contributed by atoms with Gasteiger partial charge < -0.3 is 16.2 Å². The summed E-state index contributed by atoms with van der Waals surface area (Å²) in [6.45, 7) is 3.13. The monoisotopic (exact) mass is 228 g/mol. The third kappa shape index (κ3) is 3.46. The average Bonchev–Trinajstić information content (AvgIpc) is 2.74. The molecule has 4 nitrogen and oxygen atoms in total. The molecule has 94 valence electrons. The first kappa shape index (κ1) is 13.5. The fraction of sp³-hybridized carbons (Fsp3) is 0.917. The van der Waals surface area contributed by atoms with Crippen LogP contribution in [0.1, 0.15) is 39.0 Å². The molecule has 1 aliphatic rings. The molecule has 1 amide bonds. The zero-order valence-corrected chi connectivity index (χ0v) is 10.2. The summed E-state index contributed by atoms with van der Waals surface area (Å²) in [5.74, 6) is -0.0840. The molecule has 16 heavy (non-hydrogen) atoms. The Morgan fingerprint density at radius 1 is 1.50 bits per heavy atom. The minimum Gasteiger partial charge on any atom is -0.396 e. The van der Waals surface area contributed by atoms with E-state index in [1.54, 1.807) is 0 Å². The van der Waals surface area contributed by atoms with E-state index < -0.39 is 0 Å². The lowest BCUT2D eigenvalue weighted by molar-refractivity contribution is -0.124. The van der Waals surface area contributed by atoms with E-state index in [1.165, 1.54) is 12.8 Å². The minimum absolute atomic E-state index is 0.0340. The molecular formula is C12H24N2O2. The SMILES string of the molecule is CC(CN)C(=O)NCC1(CCO)CCCC1. The molecule has 4 heteroatoms. The summed E-state index contributed by atoms with van der Waals surface area (Å²) in [7, 11) is 0. The van der Waals surface area contributed by atoms with Crippen LogP contribution < -0.4 is 11.1 Å². The van der Waals surface area contributed by atoms with Crippen LogP contribution >= 0.6 is 0 Å². The quantitative estimate of drug-likeness (QED) is 0.624. The minimum atomic E-state index is -0.118. The van der Waals surface area contributed by atoms with Gasteiger partial charge in [0, 0.05) is 25.6 Å². The smallest absolute Gasteiger partial charge is 0.224 e. The summed E-state index contributed by atoms with van der Waals surface area (Å²) < 4.78 is 0. The number of nitrogens with one attached hydrogen (secondary N) is 1. The molecule has 4 N–H and O–H groups in total. The van der Waals surface area contributed by atoms with Crippen LogP contribution in [0.3, 0.4) is 0 Å². The van der Waals surface area contributed by atoms with Crippen molar-refractivity contribution in [3.05, 3.63) is 0 Å². The lowest BCUT2D eigenvalue weighted by Crippen LogP contribution is -2.40. The van der Waals surface area contributed by atoms with Gasteiger partial charge in [0.2, 0.25) is 5.91 Å². The molecule has 1 fully saturated rings. The highest BCUT2D eigenvalue weighted by atomic mass is 16.3. The Labute approximate surface area is 97.6 Å². The average molecular weight is 228 g/mol. The molecule has 0 aromatic rings. The summed E-state index contributed by atoms with van der Waals surface area (Å²) in [6, 6.07) is 0. The first-order valence-corrected chi connectivity index (χ1v) is 6.22. The number of hydrogen-bond donors (Lipinski definition) is 3. The largest absolute Gasteiger partial charge is 0.396 e. The summed E-state index contributed by atoms with van der Waals surface area (Å²) in [5, 5.41) is 12.1. The Hall–Kier alpha value is -0.610. The van der Waals surface area contributed by atoms with Gasteiger partial charge in [-0.3, -0.25) is 4.79 Å². The van der Waals surface area contributed by atoms with E-state index in [4.69, 9.17) is 10.8 Å². The van der Waals surface area contributed by atoms with Crippen LogP contribution in [0.25, 0.3) is 0 Å². The second-order valence-electron chi connectivity index (χ2n) is 5.04. The van der Waals surface area contributed by atoms with E-state index in [1.807, 2.05) is 6.92 Å². The number of carbonyl (C=O) groups excluding carboxylic acids is 1. The van der Waals surface area contributed by atoms with E-state index in [2.05, 4.69) is 5.32 Å². The molecule has 0 aromatic carbocycles. The van der Waals surface area contributed by atoms with Gasteiger partial charge in [0.1, 0.15) is 0 Å². The second kappa shape index (κ2) is 6.21. The number of hydrogen-bond acceptors (Lipinski definition) is 3. The van der Waals surface area contributed by atoms with Gasteiger partial charge in [-0.05, 0) is 24.7 Å². The second-order valence-corrected chi connectivity index (χ2v) is 5.04. The summed E-state index contributed by atoms with van der Waals surface area (Å²) in [4.78, 5) is 11.6. The Kier molecular flexibility index (Phi) is 5.22. The Morgan fingerprint density at radius 3 is 2.62 bits per heavy atom. The van der Waals surface area contributed by atoms with Crippen molar-refractivity contribution in [2.45, 2.75) is 39.0 Å². The third-order valence-electron chi connectivity index (χ3n) is 3.75. The first-order chi connectivity index (χ1) is 7.63. The number of amides is 1. The maximum Gasteiger partial charge on any atom is 0.224 e. The van der Waals surface area contributed by atoms with E-state index in [9.17, 15) is 4.79 Å². The highest BCUT2D eigenvalue weighted by Gasteiger charge is 2.33. The molecule has 1 aliphatic carbocycles. The van der Waals surface area contributed by atoms with Crippen molar-refractivity contribution in [2.24, 2.45) is 17.1 Å². The fourth-order valence-electron chi connectivity index (χ4n) is 2.43. The maximum atomic E-state index is 11.6. The van der Waals surface area contributed by atoms with Gasteiger partial charge in [0.25, 0.3) is 0 Å². The van der Waals surface area contributed by atoms with Crippen LogP contribution in [0.5, 0.6) is 0 Å². The van der Waals surface area contributed by atoms with Crippen LogP contribution in [0.15, 0.2) is 0 Å². The number of aliphatic hydroxyl groups is 1. The predicted molar refractivity (Wildman–Crippen MR) is 63.8 cm³/mol. The van der Waals surface area contributed by atoms with E-state index in [-0.39, 0.29) is 23.8 Å². The zero-order chi connectivity index (χ0) is 12.0. The topological polar surface area (TPSA) is 75.4 Å². The number of aliphatic hydroxyl groups excluding tert-OH is 1. The molecule has 0 spiro atoms. The van der Waals surface area contributed by atoms with Crippen LogP contribution in [0.2, 0.25) is 0 Å². The molecular weight excluding hydrogens is 204 g/mol. The highest BCUT2D eigenvalue weighted by molar-refractivity contribution is 5.78. The normalized spacial score (nSPS) is 20.7. The standard InChI is InChI=1S/C12H24N2O2/c1-10(8-13)11(16)14-9-12(6-7-15)4-2-3-5-12/h10,15H,2-9,13H2,1H3,(H,14,16). The van der Waals surface area contributed by atoms with E-state index >= 15 is 0 Å². The van der Waals surface area contributed by atoms with Crippen molar-refractivity contribution in [1.82, 2.24) is 5.32 Å². The van der Waals surface area contributed by atoms with Gasteiger partial charge in [-0.25, -0.2) is 0 Å². The van der Waals surface area contributed by atoms with Crippen LogP contribution in [-0.4, -0.2) is 30.7 Å². The molecule has 0 saturated heterocycles. The Balaban J connectivity index is 2.41. The van der Waals surface area contributed by atoms with Crippen molar-refractivity contribution < 1.29 is 9.90 Å². The molecule has 0 aromatic heterocycles. The molecule has 0 radical (unpaired) electrons. The Bertz CT molecular complexity index is 225. The lowest BCUT2D eigenvalue weighted by Gasteiger charge is -2.29. The van der Waals surface area contributed by atoms with Gasteiger partial charge in [-0.1, -0.05) is 19.8 Å². The Morgan fingerprint density at radius 2 is 2.12 bits per heavy atom. The zero-order valence-electron chi connectivity index (χ0n) is 10.2. The summed E-state index contributed by atoms with van der Waals surface area (Å²) >= 11 is 0. The van der Waals surface area contributed by atoms with Gasteiger partial charge in [-0.15, -0.1) is 0 Å². The fourth-order valence-corrected chi connectivity index (χ4v) is 2.43. The van der Waals surface area contributed by atoms with Crippen molar-refractivity contribution >= 4 is 5.91 Å². The van der Waals surface area contributed by atoms with Crippen LogP contribution in [-0.2, 0) is 4.79 Å². The van der Waals surface area contributed by atoms with Gasteiger partial charge in [-0.2, -0.15) is 0 Å². The lowest BCUT2D eigenvalue weighted by atomic mass is 9.83. The van der Waals surface area contributed by atoms with E-state index in [0.717, 1.165) is 19.3 Å². The van der Waals surface area contributed by atoms with E-state index in [0.29, 0.717) is 13.1 Å². The number of rotatable bonds is 6. The molecule has 0 heterocycles. The first-order valence-electron chi connectivity index (χ1n) is 6.22. The van der Waals surface area contributed by atoms with Gasteiger partial charge in [0.05, 0.1) is 0 Å². The molecule has 1 rings (SSSR count). The molecule has 1 saturated carbocycles. The molecule has 0 bridgehead atoms. The van der Waals surface area contributed by atoms with Crippen molar-refractivity contribution in [3.63, 3.8) is 0 Å². The maximum absolute atomic E-state index is 11.6. The van der Waals surface area contributed by atoms with Gasteiger partial charge in [0.15, 0.2) is 0 Å². The summed E-state index contributed by atoms with van der Waals surface area (Å²) in [5.41, 5.74) is 5.59. The van der Waals surface area contributed by atoms with Crippen molar-refractivity contribution in [3.8, 4) is 0 Å². The highest BCUT2D eigenvalue weighted by Crippen LogP contribution is 2.40. The van der Waals surface area contributed by atoms with Gasteiger partial charge >= 0.3 is 0 Å². The summed E-state index contributed by atoms with van der Waals surface area (Å²) in [6.07, 6.45) is 5.45. The van der Waals surface area contributed by atoms with Crippen LogP contribution in [0.4, 0.5) is 0 Å². The molecule has 1 atom stereocenters. The predicted octanol–water partition coefficient (Wildman–Crippen LogP) is 0.640. The van der Waals surface area contributed by atoms with Crippen LogP contribution in [0, 0.1) is 11.3 Å². The number of nitrogens with two attached hydrogens (primary N) is 1. The molecule has 0 aliphatic heterocycles. The van der Waals surface area contributed by atoms with Crippen molar-refractivity contribution in [2.75, 3.05) is 19.7 Å². The molecule has 1 unspecified atom stereocenters.